The monoisotopic (exact) mass is 473 g/mol. The molecule has 0 unspecified atom stereocenters. The Hall–Kier alpha value is -3.34. The van der Waals surface area contributed by atoms with Gasteiger partial charge in [-0.2, -0.15) is 5.26 Å². The molecule has 5 rings (SSSR count). The molecule has 154 valence electrons. The van der Waals surface area contributed by atoms with E-state index in [0.29, 0.717) is 11.3 Å². The molecule has 31 heavy (non-hydrogen) atoms. The summed E-state index contributed by atoms with van der Waals surface area (Å²) in [6, 6.07) is 19.7. The van der Waals surface area contributed by atoms with Crippen molar-refractivity contribution >= 4 is 21.6 Å². The van der Waals surface area contributed by atoms with Crippen molar-refractivity contribution in [3.63, 3.8) is 0 Å². The zero-order chi connectivity index (χ0) is 21.2. The van der Waals surface area contributed by atoms with Crippen molar-refractivity contribution in [3.8, 4) is 34.7 Å². The maximum Gasteiger partial charge on any atom is 0.180 e. The van der Waals surface area contributed by atoms with E-state index in [1.807, 2.05) is 35.0 Å². The Morgan fingerprint density at radius 1 is 1.00 bits per heavy atom. The first-order valence-corrected chi connectivity index (χ1v) is 10.9. The van der Waals surface area contributed by atoms with Crippen LogP contribution < -0.4 is 10.2 Å². The highest BCUT2D eigenvalue weighted by atomic mass is 79.9. The standard InChI is InChI=1S/C24H20BrN5O/c25-20-15-19(5-6-21(20)29-12-9-27-10-13-29)30-14-11-28-24(30)23-8-7-22(31-23)18-3-1-17(16-26)2-4-18/h1-8,11,14-15,27H,9-10,12-13H2. The summed E-state index contributed by atoms with van der Waals surface area (Å²) in [6.45, 7) is 4.00. The van der Waals surface area contributed by atoms with Crippen LogP contribution in [-0.4, -0.2) is 35.7 Å². The van der Waals surface area contributed by atoms with Crippen molar-refractivity contribution in [2.24, 2.45) is 0 Å². The lowest BCUT2D eigenvalue weighted by atomic mass is 10.1. The van der Waals surface area contributed by atoms with Crippen LogP contribution in [0.15, 0.2) is 75.9 Å². The van der Waals surface area contributed by atoms with E-state index in [0.717, 1.165) is 53.5 Å². The quantitative estimate of drug-likeness (QED) is 0.458. The number of nitrogens with one attached hydrogen (secondary N) is 1. The Morgan fingerprint density at radius 3 is 2.52 bits per heavy atom. The molecular weight excluding hydrogens is 454 g/mol. The molecule has 7 heteroatoms. The van der Waals surface area contributed by atoms with E-state index in [-0.39, 0.29) is 0 Å². The molecule has 2 aromatic carbocycles. The van der Waals surface area contributed by atoms with Crippen LogP contribution in [-0.2, 0) is 0 Å². The van der Waals surface area contributed by atoms with Gasteiger partial charge in [0.15, 0.2) is 11.6 Å². The summed E-state index contributed by atoms with van der Waals surface area (Å²) in [7, 11) is 0. The number of piperazine rings is 1. The fourth-order valence-electron chi connectivity index (χ4n) is 3.82. The fraction of sp³-hybridized carbons (Fsp3) is 0.167. The van der Waals surface area contributed by atoms with E-state index in [1.165, 1.54) is 5.69 Å². The molecule has 1 aliphatic rings. The molecule has 0 aliphatic carbocycles. The predicted octanol–water partition coefficient (Wildman–Crippen LogP) is 4.84. The molecule has 1 saturated heterocycles. The summed E-state index contributed by atoms with van der Waals surface area (Å²) in [4.78, 5) is 6.92. The van der Waals surface area contributed by atoms with Gasteiger partial charge in [-0.15, -0.1) is 0 Å². The lowest BCUT2D eigenvalue weighted by Crippen LogP contribution is -2.43. The number of imidazole rings is 1. The summed E-state index contributed by atoms with van der Waals surface area (Å²) in [5.74, 6) is 2.16. The number of furan rings is 1. The Bertz CT molecular complexity index is 1250. The van der Waals surface area contributed by atoms with E-state index in [4.69, 9.17) is 9.68 Å². The molecule has 1 fully saturated rings. The third-order valence-electron chi connectivity index (χ3n) is 5.43. The Kier molecular flexibility index (Phi) is 5.33. The van der Waals surface area contributed by atoms with Crippen molar-refractivity contribution < 1.29 is 4.42 Å². The third-order valence-corrected chi connectivity index (χ3v) is 6.07. The molecule has 0 atom stereocenters. The first-order chi connectivity index (χ1) is 15.2. The Balaban J connectivity index is 1.44. The number of nitriles is 1. The number of nitrogens with zero attached hydrogens (tertiary/aromatic N) is 4. The lowest BCUT2D eigenvalue weighted by Gasteiger charge is -2.30. The largest absolute Gasteiger partial charge is 0.453 e. The predicted molar refractivity (Wildman–Crippen MR) is 124 cm³/mol. The van der Waals surface area contributed by atoms with Crippen LogP contribution >= 0.6 is 15.9 Å². The van der Waals surface area contributed by atoms with Crippen molar-refractivity contribution in [2.45, 2.75) is 0 Å². The van der Waals surface area contributed by atoms with Crippen molar-refractivity contribution in [1.82, 2.24) is 14.9 Å². The molecule has 0 spiro atoms. The lowest BCUT2D eigenvalue weighted by molar-refractivity contribution is 0.588. The second kappa shape index (κ2) is 8.42. The number of hydrogen-bond donors (Lipinski definition) is 1. The maximum absolute atomic E-state index is 8.98. The van der Waals surface area contributed by atoms with Crippen molar-refractivity contribution in [3.05, 3.63) is 77.0 Å². The topological polar surface area (TPSA) is 70.0 Å². The van der Waals surface area contributed by atoms with Gasteiger partial charge in [0, 0.05) is 54.3 Å². The minimum atomic E-state index is 0.626. The zero-order valence-electron chi connectivity index (χ0n) is 16.8. The second-order valence-corrected chi connectivity index (χ2v) is 8.20. The van der Waals surface area contributed by atoms with Gasteiger partial charge in [0.1, 0.15) is 5.76 Å². The molecule has 1 N–H and O–H groups in total. The van der Waals surface area contributed by atoms with Gasteiger partial charge in [-0.1, -0.05) is 0 Å². The summed E-state index contributed by atoms with van der Waals surface area (Å²) < 4.78 is 9.19. The van der Waals surface area contributed by atoms with Gasteiger partial charge < -0.3 is 14.6 Å². The molecule has 3 heterocycles. The molecule has 0 bridgehead atoms. The third kappa shape index (κ3) is 3.88. The van der Waals surface area contributed by atoms with Gasteiger partial charge in [0.2, 0.25) is 0 Å². The molecule has 1 aliphatic heterocycles. The molecule has 0 saturated carbocycles. The van der Waals surface area contributed by atoms with Crippen LogP contribution in [0.2, 0.25) is 0 Å². The van der Waals surface area contributed by atoms with E-state index in [1.54, 1.807) is 18.3 Å². The van der Waals surface area contributed by atoms with E-state index >= 15 is 0 Å². The maximum atomic E-state index is 8.98. The highest BCUT2D eigenvalue weighted by Crippen LogP contribution is 2.32. The smallest absolute Gasteiger partial charge is 0.180 e. The normalized spacial score (nSPS) is 13.9. The SMILES string of the molecule is N#Cc1ccc(-c2ccc(-c3nccn3-c3ccc(N4CCNCC4)c(Br)c3)o2)cc1. The van der Waals surface area contributed by atoms with Gasteiger partial charge in [-0.25, -0.2) is 4.98 Å². The number of hydrogen-bond acceptors (Lipinski definition) is 5. The molecular formula is C24H20BrN5O. The summed E-state index contributed by atoms with van der Waals surface area (Å²) >= 11 is 3.75. The van der Waals surface area contributed by atoms with Crippen LogP contribution in [0, 0.1) is 11.3 Å². The molecule has 2 aromatic heterocycles. The number of anilines is 1. The number of rotatable bonds is 4. The van der Waals surface area contributed by atoms with Crippen molar-refractivity contribution in [2.75, 3.05) is 31.1 Å². The molecule has 0 amide bonds. The van der Waals surface area contributed by atoms with Gasteiger partial charge in [0.05, 0.1) is 17.3 Å². The Morgan fingerprint density at radius 2 is 1.77 bits per heavy atom. The molecule has 6 nitrogen and oxygen atoms in total. The highest BCUT2D eigenvalue weighted by Gasteiger charge is 2.16. The van der Waals surface area contributed by atoms with Gasteiger partial charge in [-0.05, 0) is 70.5 Å². The van der Waals surface area contributed by atoms with Gasteiger partial charge in [-0.3, -0.25) is 4.57 Å². The average molecular weight is 474 g/mol. The number of benzene rings is 2. The molecule has 4 aromatic rings. The first-order valence-electron chi connectivity index (χ1n) is 10.1. The van der Waals surface area contributed by atoms with E-state index in [9.17, 15) is 0 Å². The van der Waals surface area contributed by atoms with Crippen molar-refractivity contribution in [1.29, 1.82) is 5.26 Å². The van der Waals surface area contributed by atoms with Gasteiger partial charge in [0.25, 0.3) is 0 Å². The summed E-state index contributed by atoms with van der Waals surface area (Å²) in [5, 5.41) is 12.4. The number of halogens is 1. The van der Waals surface area contributed by atoms with E-state index < -0.39 is 0 Å². The second-order valence-electron chi connectivity index (χ2n) is 7.35. The molecule has 0 radical (unpaired) electrons. The summed E-state index contributed by atoms with van der Waals surface area (Å²) in [5.41, 5.74) is 3.76. The minimum Gasteiger partial charge on any atom is -0.453 e. The zero-order valence-corrected chi connectivity index (χ0v) is 18.3. The Labute approximate surface area is 188 Å². The highest BCUT2D eigenvalue weighted by molar-refractivity contribution is 9.10. The van der Waals surface area contributed by atoms with Crippen LogP contribution in [0.1, 0.15) is 5.56 Å². The fourth-order valence-corrected chi connectivity index (χ4v) is 4.44. The summed E-state index contributed by atoms with van der Waals surface area (Å²) in [6.07, 6.45) is 3.71. The number of aromatic nitrogens is 2. The average Bonchev–Trinajstić information content (AvgIpc) is 3.49. The van der Waals surface area contributed by atoms with E-state index in [2.05, 4.69) is 55.4 Å². The van der Waals surface area contributed by atoms with Gasteiger partial charge >= 0.3 is 0 Å². The minimum absolute atomic E-state index is 0.626. The van der Waals surface area contributed by atoms with Crippen LogP contribution in [0.3, 0.4) is 0 Å². The van der Waals surface area contributed by atoms with Crippen LogP contribution in [0.5, 0.6) is 0 Å². The van der Waals surface area contributed by atoms with Crippen LogP contribution in [0.4, 0.5) is 5.69 Å². The van der Waals surface area contributed by atoms with Crippen LogP contribution in [0.25, 0.3) is 28.6 Å². The first kappa shape index (κ1) is 19.6.